The normalized spacial score (nSPS) is 26.3. The Kier molecular flexibility index (Phi) is 4.69. The molecule has 0 atom stereocenters. The molecular weight excluding hydrogens is 277 g/mol. The predicted molar refractivity (Wildman–Crippen MR) is 79.7 cm³/mol. The smallest absolute Gasteiger partial charge is 0.252 e. The van der Waals surface area contributed by atoms with Gasteiger partial charge in [0.1, 0.15) is 5.82 Å². The molecule has 1 aliphatic rings. The zero-order valence-electron chi connectivity index (χ0n) is 12.0. The maximum absolute atomic E-state index is 13.1. The standard InChI is InChI=1S/C16H21ClFNO/c1-11-5-7-16(10-17,8-6-11)19-15(20)14-4-3-13(18)9-12(14)2/h3-4,9,11H,5-8,10H2,1-2H3,(H,19,20). The number of halogens is 2. The molecule has 1 aromatic carbocycles. The summed E-state index contributed by atoms with van der Waals surface area (Å²) in [5, 5.41) is 3.09. The van der Waals surface area contributed by atoms with Crippen molar-refractivity contribution in [1.29, 1.82) is 0 Å². The second-order valence-corrected chi connectivity index (χ2v) is 6.28. The number of rotatable bonds is 3. The van der Waals surface area contributed by atoms with Crippen molar-refractivity contribution in [1.82, 2.24) is 5.32 Å². The van der Waals surface area contributed by atoms with Crippen LogP contribution in [0.3, 0.4) is 0 Å². The minimum absolute atomic E-state index is 0.155. The lowest BCUT2D eigenvalue weighted by Crippen LogP contribution is -2.52. The van der Waals surface area contributed by atoms with Crippen LogP contribution in [0.4, 0.5) is 4.39 Å². The first-order chi connectivity index (χ1) is 9.46. The van der Waals surface area contributed by atoms with Crippen molar-refractivity contribution < 1.29 is 9.18 Å². The zero-order chi connectivity index (χ0) is 14.8. The molecule has 0 aromatic heterocycles. The summed E-state index contributed by atoms with van der Waals surface area (Å²) in [7, 11) is 0. The van der Waals surface area contributed by atoms with E-state index in [1.54, 1.807) is 6.92 Å². The fraction of sp³-hybridized carbons (Fsp3) is 0.562. The molecular formula is C16H21ClFNO. The maximum atomic E-state index is 13.1. The Labute approximate surface area is 124 Å². The molecule has 1 N–H and O–H groups in total. The van der Waals surface area contributed by atoms with E-state index in [0.717, 1.165) is 25.7 Å². The van der Waals surface area contributed by atoms with Gasteiger partial charge in [0.05, 0.1) is 5.54 Å². The number of nitrogens with one attached hydrogen (secondary N) is 1. The minimum atomic E-state index is -0.322. The molecule has 0 spiro atoms. The lowest BCUT2D eigenvalue weighted by Gasteiger charge is -2.38. The van der Waals surface area contributed by atoms with Crippen molar-refractivity contribution in [2.75, 3.05) is 5.88 Å². The third-order valence-corrected chi connectivity index (χ3v) is 4.81. The molecule has 0 radical (unpaired) electrons. The number of hydrogen-bond donors (Lipinski definition) is 1. The van der Waals surface area contributed by atoms with Gasteiger partial charge >= 0.3 is 0 Å². The van der Waals surface area contributed by atoms with Crippen molar-refractivity contribution in [2.45, 2.75) is 45.1 Å². The molecule has 110 valence electrons. The number of aryl methyl sites for hydroxylation is 1. The van der Waals surface area contributed by atoms with Crippen LogP contribution in [0, 0.1) is 18.7 Å². The van der Waals surface area contributed by atoms with Crippen LogP contribution in [0.15, 0.2) is 18.2 Å². The molecule has 1 aliphatic carbocycles. The van der Waals surface area contributed by atoms with Crippen molar-refractivity contribution in [3.05, 3.63) is 35.1 Å². The topological polar surface area (TPSA) is 29.1 Å². The first kappa shape index (κ1) is 15.3. The lowest BCUT2D eigenvalue weighted by molar-refractivity contribution is 0.0871. The number of hydrogen-bond acceptors (Lipinski definition) is 1. The van der Waals surface area contributed by atoms with Crippen LogP contribution >= 0.6 is 11.6 Å². The van der Waals surface area contributed by atoms with Gasteiger partial charge in [-0.2, -0.15) is 0 Å². The van der Waals surface area contributed by atoms with E-state index in [9.17, 15) is 9.18 Å². The summed E-state index contributed by atoms with van der Waals surface area (Å²) in [4.78, 5) is 12.4. The fourth-order valence-electron chi connectivity index (χ4n) is 2.80. The largest absolute Gasteiger partial charge is 0.345 e. The quantitative estimate of drug-likeness (QED) is 0.838. The summed E-state index contributed by atoms with van der Waals surface area (Å²) in [5.74, 6) is 0.636. The molecule has 20 heavy (non-hydrogen) atoms. The molecule has 1 saturated carbocycles. The number of amides is 1. The number of carbonyl (C=O) groups excluding carboxylic acids is 1. The van der Waals surface area contributed by atoms with Gasteiger partial charge in [-0.05, 0) is 62.3 Å². The number of carbonyl (C=O) groups is 1. The molecule has 1 fully saturated rings. The summed E-state index contributed by atoms with van der Waals surface area (Å²) in [6.07, 6.45) is 3.97. The Morgan fingerprint density at radius 1 is 1.45 bits per heavy atom. The molecule has 4 heteroatoms. The van der Waals surface area contributed by atoms with Crippen LogP contribution in [-0.2, 0) is 0 Å². The summed E-state index contributed by atoms with van der Waals surface area (Å²) < 4.78 is 13.1. The van der Waals surface area contributed by atoms with E-state index in [1.807, 2.05) is 0 Å². The van der Waals surface area contributed by atoms with Crippen LogP contribution in [0.5, 0.6) is 0 Å². The van der Waals surface area contributed by atoms with Crippen LogP contribution in [-0.4, -0.2) is 17.3 Å². The molecule has 2 nitrogen and oxygen atoms in total. The van der Waals surface area contributed by atoms with E-state index in [1.165, 1.54) is 18.2 Å². The molecule has 1 amide bonds. The van der Waals surface area contributed by atoms with Crippen molar-refractivity contribution in [3.63, 3.8) is 0 Å². The molecule has 0 unspecified atom stereocenters. The average molecular weight is 298 g/mol. The van der Waals surface area contributed by atoms with Crippen molar-refractivity contribution in [3.8, 4) is 0 Å². The molecule has 0 bridgehead atoms. The Bertz CT molecular complexity index is 495. The summed E-state index contributed by atoms with van der Waals surface area (Å²) in [6.45, 7) is 3.97. The van der Waals surface area contributed by atoms with Gasteiger partial charge in [-0.15, -0.1) is 11.6 Å². The summed E-state index contributed by atoms with van der Waals surface area (Å²) in [5.41, 5.74) is 0.859. The second-order valence-electron chi connectivity index (χ2n) is 6.01. The maximum Gasteiger partial charge on any atom is 0.252 e. The fourth-order valence-corrected chi connectivity index (χ4v) is 3.13. The van der Waals surface area contributed by atoms with Gasteiger partial charge in [-0.1, -0.05) is 6.92 Å². The summed E-state index contributed by atoms with van der Waals surface area (Å²) >= 11 is 6.11. The van der Waals surface area contributed by atoms with Crippen LogP contribution in [0.1, 0.15) is 48.5 Å². The highest BCUT2D eigenvalue weighted by molar-refractivity contribution is 6.19. The van der Waals surface area contributed by atoms with Gasteiger partial charge in [-0.25, -0.2) is 4.39 Å². The molecule has 0 saturated heterocycles. The first-order valence-electron chi connectivity index (χ1n) is 7.10. The monoisotopic (exact) mass is 297 g/mol. The second kappa shape index (κ2) is 6.13. The van der Waals surface area contributed by atoms with Gasteiger partial charge < -0.3 is 5.32 Å². The van der Waals surface area contributed by atoms with E-state index in [4.69, 9.17) is 11.6 Å². The van der Waals surface area contributed by atoms with Crippen molar-refractivity contribution in [2.24, 2.45) is 5.92 Å². The Hall–Kier alpha value is -1.09. The highest BCUT2D eigenvalue weighted by Crippen LogP contribution is 2.33. The van der Waals surface area contributed by atoms with Crippen LogP contribution in [0.2, 0.25) is 0 Å². The predicted octanol–water partition coefficient (Wildman–Crippen LogP) is 4.05. The Morgan fingerprint density at radius 3 is 2.65 bits per heavy atom. The van der Waals surface area contributed by atoms with E-state index in [-0.39, 0.29) is 17.3 Å². The van der Waals surface area contributed by atoms with E-state index in [2.05, 4.69) is 12.2 Å². The number of benzene rings is 1. The van der Waals surface area contributed by atoms with Crippen molar-refractivity contribution >= 4 is 17.5 Å². The minimum Gasteiger partial charge on any atom is -0.345 e. The van der Waals surface area contributed by atoms with E-state index < -0.39 is 0 Å². The third kappa shape index (κ3) is 3.32. The first-order valence-corrected chi connectivity index (χ1v) is 7.64. The van der Waals surface area contributed by atoms with E-state index in [0.29, 0.717) is 22.9 Å². The van der Waals surface area contributed by atoms with Crippen LogP contribution < -0.4 is 5.32 Å². The molecule has 0 aliphatic heterocycles. The Balaban J connectivity index is 2.13. The lowest BCUT2D eigenvalue weighted by atomic mass is 9.78. The number of alkyl halides is 1. The molecule has 2 rings (SSSR count). The summed E-state index contributed by atoms with van der Waals surface area (Å²) in [6, 6.07) is 4.23. The van der Waals surface area contributed by atoms with Gasteiger partial charge in [0.25, 0.3) is 5.91 Å². The van der Waals surface area contributed by atoms with Crippen LogP contribution in [0.25, 0.3) is 0 Å². The molecule has 1 aromatic rings. The Morgan fingerprint density at radius 2 is 2.10 bits per heavy atom. The van der Waals surface area contributed by atoms with Gasteiger partial charge in [0.2, 0.25) is 0 Å². The van der Waals surface area contributed by atoms with Gasteiger partial charge in [-0.3, -0.25) is 4.79 Å². The highest BCUT2D eigenvalue weighted by atomic mass is 35.5. The average Bonchev–Trinajstić information content (AvgIpc) is 2.41. The van der Waals surface area contributed by atoms with Gasteiger partial charge in [0.15, 0.2) is 0 Å². The highest BCUT2D eigenvalue weighted by Gasteiger charge is 2.35. The molecule has 0 heterocycles. The van der Waals surface area contributed by atoms with E-state index >= 15 is 0 Å². The third-order valence-electron chi connectivity index (χ3n) is 4.30. The zero-order valence-corrected chi connectivity index (χ0v) is 12.8. The SMILES string of the molecule is Cc1cc(F)ccc1C(=O)NC1(CCl)CCC(C)CC1. The van der Waals surface area contributed by atoms with Gasteiger partial charge in [0, 0.05) is 11.4 Å².